The van der Waals surface area contributed by atoms with Crippen molar-refractivity contribution in [3.05, 3.63) is 35.5 Å². The summed E-state index contributed by atoms with van der Waals surface area (Å²) in [6.07, 6.45) is 2.14. The lowest BCUT2D eigenvalue weighted by Crippen LogP contribution is -2.42. The van der Waals surface area contributed by atoms with Gasteiger partial charge in [-0.25, -0.2) is 4.98 Å². The zero-order valence-electron chi connectivity index (χ0n) is 15.4. The van der Waals surface area contributed by atoms with Gasteiger partial charge in [-0.1, -0.05) is 18.2 Å². The number of nitrogens with one attached hydrogen (secondary N) is 1. The van der Waals surface area contributed by atoms with Crippen molar-refractivity contribution in [3.63, 3.8) is 0 Å². The summed E-state index contributed by atoms with van der Waals surface area (Å²) in [5.74, 6) is 0.0316. The molecular weight excluding hydrogens is 348 g/mol. The van der Waals surface area contributed by atoms with Gasteiger partial charge in [-0.3, -0.25) is 9.59 Å². The highest BCUT2D eigenvalue weighted by Crippen LogP contribution is 2.42. The van der Waals surface area contributed by atoms with Crippen molar-refractivity contribution in [3.8, 4) is 5.75 Å². The Morgan fingerprint density at radius 2 is 2.19 bits per heavy atom. The number of nitrogens with zero attached hydrogens (tertiary/aromatic N) is 1. The van der Waals surface area contributed by atoms with Crippen molar-refractivity contribution in [1.82, 2.24) is 10.3 Å². The van der Waals surface area contributed by atoms with Gasteiger partial charge in [0, 0.05) is 30.8 Å². The Morgan fingerprint density at radius 3 is 2.96 bits per heavy atom. The molecule has 27 heavy (non-hydrogen) atoms. The molecule has 1 aromatic carbocycles. The Morgan fingerprint density at radius 1 is 1.37 bits per heavy atom. The van der Waals surface area contributed by atoms with E-state index in [0.717, 1.165) is 29.3 Å². The van der Waals surface area contributed by atoms with Crippen LogP contribution in [-0.2, 0) is 32.1 Å². The Hall–Kier alpha value is -2.67. The van der Waals surface area contributed by atoms with E-state index in [-0.39, 0.29) is 24.6 Å². The molecule has 1 aromatic heterocycles. The fourth-order valence-corrected chi connectivity index (χ4v) is 3.98. The number of ether oxygens (including phenoxy) is 3. The lowest BCUT2D eigenvalue weighted by atomic mass is 9.87. The van der Waals surface area contributed by atoms with Gasteiger partial charge in [-0.15, -0.1) is 0 Å². The summed E-state index contributed by atoms with van der Waals surface area (Å²) in [4.78, 5) is 27.9. The molecule has 0 amide bonds. The number of hydrogen-bond donors (Lipinski definition) is 1. The van der Waals surface area contributed by atoms with Crippen molar-refractivity contribution in [2.45, 2.75) is 44.4 Å². The third-order valence-electron chi connectivity index (χ3n) is 5.31. The number of esters is 2. The normalized spacial score (nSPS) is 23.7. The SMILES string of the molecule is COC(=O)C1CC2(CCc3c(c(COC(C)=O)nc4ccccc34)O2)CN1. The average molecular weight is 370 g/mol. The molecule has 2 aromatic rings. The monoisotopic (exact) mass is 370 g/mol. The molecule has 2 aliphatic rings. The zero-order chi connectivity index (χ0) is 19.0. The molecular formula is C20H22N2O5. The first kappa shape index (κ1) is 17.7. The molecule has 1 N–H and O–H groups in total. The lowest BCUT2D eigenvalue weighted by molar-refractivity contribution is -0.143. The fraction of sp³-hybridized carbons (Fsp3) is 0.450. The number of aromatic nitrogens is 1. The van der Waals surface area contributed by atoms with Crippen LogP contribution in [0.1, 0.15) is 31.0 Å². The number of para-hydroxylation sites is 1. The van der Waals surface area contributed by atoms with E-state index in [0.29, 0.717) is 24.4 Å². The Labute approximate surface area is 157 Å². The number of rotatable bonds is 3. The molecule has 4 rings (SSSR count). The summed E-state index contributed by atoms with van der Waals surface area (Å²) in [5.41, 5.74) is 2.06. The third-order valence-corrected chi connectivity index (χ3v) is 5.31. The topological polar surface area (TPSA) is 86.8 Å². The predicted octanol–water partition coefficient (Wildman–Crippen LogP) is 1.90. The molecule has 2 aliphatic heterocycles. The van der Waals surface area contributed by atoms with Gasteiger partial charge in [-0.05, 0) is 18.9 Å². The minimum atomic E-state index is -0.485. The van der Waals surface area contributed by atoms with Gasteiger partial charge in [0.25, 0.3) is 0 Å². The number of pyridine rings is 1. The van der Waals surface area contributed by atoms with Gasteiger partial charge in [0.15, 0.2) is 0 Å². The maximum Gasteiger partial charge on any atom is 0.323 e. The molecule has 2 atom stereocenters. The molecule has 3 heterocycles. The summed E-state index contributed by atoms with van der Waals surface area (Å²) >= 11 is 0. The van der Waals surface area contributed by atoms with E-state index in [2.05, 4.69) is 10.3 Å². The van der Waals surface area contributed by atoms with Crippen LogP contribution < -0.4 is 10.1 Å². The van der Waals surface area contributed by atoms with Crippen LogP contribution in [0.25, 0.3) is 10.9 Å². The number of carbonyl (C=O) groups is 2. The van der Waals surface area contributed by atoms with Crippen LogP contribution in [0, 0.1) is 0 Å². The van der Waals surface area contributed by atoms with Crippen molar-refractivity contribution in [2.24, 2.45) is 0 Å². The number of carbonyl (C=O) groups excluding carboxylic acids is 2. The smallest absolute Gasteiger partial charge is 0.323 e. The highest BCUT2D eigenvalue weighted by molar-refractivity contribution is 5.85. The van der Waals surface area contributed by atoms with Crippen LogP contribution in [0.2, 0.25) is 0 Å². The van der Waals surface area contributed by atoms with Crippen LogP contribution in [0.15, 0.2) is 24.3 Å². The summed E-state index contributed by atoms with van der Waals surface area (Å²) in [6.45, 7) is 2.00. The minimum Gasteiger partial charge on any atom is -0.483 e. The highest BCUT2D eigenvalue weighted by Gasteiger charge is 2.47. The number of hydrogen-bond acceptors (Lipinski definition) is 7. The second kappa shape index (κ2) is 6.81. The van der Waals surface area contributed by atoms with Crippen molar-refractivity contribution < 1.29 is 23.8 Å². The molecule has 0 saturated carbocycles. The van der Waals surface area contributed by atoms with Crippen molar-refractivity contribution in [2.75, 3.05) is 13.7 Å². The number of benzene rings is 1. The summed E-state index contributed by atoms with van der Waals surface area (Å²) < 4.78 is 16.5. The second-order valence-electron chi connectivity index (χ2n) is 7.11. The number of fused-ring (bicyclic) bond motifs is 3. The van der Waals surface area contributed by atoms with E-state index in [1.807, 2.05) is 24.3 Å². The van der Waals surface area contributed by atoms with Crippen molar-refractivity contribution in [1.29, 1.82) is 0 Å². The molecule has 2 unspecified atom stereocenters. The molecule has 142 valence electrons. The van der Waals surface area contributed by atoms with Gasteiger partial charge in [0.1, 0.15) is 29.7 Å². The van der Waals surface area contributed by atoms with Crippen LogP contribution in [0.3, 0.4) is 0 Å². The summed E-state index contributed by atoms with van der Waals surface area (Å²) in [5, 5.41) is 4.25. The van der Waals surface area contributed by atoms with E-state index in [1.54, 1.807) is 0 Å². The van der Waals surface area contributed by atoms with E-state index in [1.165, 1.54) is 14.0 Å². The third kappa shape index (κ3) is 3.23. The highest BCUT2D eigenvalue weighted by atomic mass is 16.5. The summed E-state index contributed by atoms with van der Waals surface area (Å²) in [7, 11) is 1.39. The Kier molecular flexibility index (Phi) is 4.47. The Bertz CT molecular complexity index is 913. The van der Waals surface area contributed by atoms with E-state index < -0.39 is 5.60 Å². The van der Waals surface area contributed by atoms with Gasteiger partial charge >= 0.3 is 11.9 Å². The minimum absolute atomic E-state index is 0.0619. The van der Waals surface area contributed by atoms with Gasteiger partial charge < -0.3 is 19.5 Å². The van der Waals surface area contributed by atoms with E-state index in [4.69, 9.17) is 14.2 Å². The van der Waals surface area contributed by atoms with Crippen molar-refractivity contribution >= 4 is 22.8 Å². The zero-order valence-corrected chi connectivity index (χ0v) is 15.4. The maximum absolute atomic E-state index is 11.9. The molecule has 0 bridgehead atoms. The molecule has 0 radical (unpaired) electrons. The standard InChI is InChI=1S/C20H22N2O5/c1-12(23)26-10-17-18-14(13-5-3-4-6-15(13)22-17)7-8-20(27-18)9-16(21-11-20)19(24)25-2/h3-6,16,21H,7-11H2,1-2H3. The second-order valence-corrected chi connectivity index (χ2v) is 7.11. The molecule has 1 saturated heterocycles. The first-order valence-electron chi connectivity index (χ1n) is 9.05. The van der Waals surface area contributed by atoms with Gasteiger partial charge in [0.05, 0.1) is 12.6 Å². The Balaban J connectivity index is 1.72. The molecule has 7 nitrogen and oxygen atoms in total. The average Bonchev–Trinajstić information content (AvgIpc) is 3.08. The van der Waals surface area contributed by atoms with E-state index in [9.17, 15) is 9.59 Å². The van der Waals surface area contributed by atoms with Crippen LogP contribution in [-0.4, -0.2) is 42.2 Å². The quantitative estimate of drug-likeness (QED) is 0.826. The van der Waals surface area contributed by atoms with Crippen LogP contribution in [0.4, 0.5) is 0 Å². The maximum atomic E-state index is 11.9. The van der Waals surface area contributed by atoms with Gasteiger partial charge in [-0.2, -0.15) is 0 Å². The molecule has 1 fully saturated rings. The summed E-state index contributed by atoms with van der Waals surface area (Å²) in [6, 6.07) is 7.51. The fourth-order valence-electron chi connectivity index (χ4n) is 3.98. The largest absolute Gasteiger partial charge is 0.483 e. The first-order chi connectivity index (χ1) is 13.0. The lowest BCUT2D eigenvalue weighted by Gasteiger charge is -2.36. The number of methoxy groups -OCH3 is 1. The predicted molar refractivity (Wildman–Crippen MR) is 97.3 cm³/mol. The van der Waals surface area contributed by atoms with Crippen LogP contribution in [0.5, 0.6) is 5.75 Å². The number of aryl methyl sites for hydroxylation is 1. The first-order valence-corrected chi connectivity index (χ1v) is 9.05. The molecule has 7 heteroatoms. The molecule has 1 spiro atoms. The van der Waals surface area contributed by atoms with Gasteiger partial charge in [0.2, 0.25) is 0 Å². The molecule has 0 aliphatic carbocycles. The van der Waals surface area contributed by atoms with E-state index >= 15 is 0 Å². The van der Waals surface area contributed by atoms with Crippen LogP contribution >= 0.6 is 0 Å².